The zero-order valence-electron chi connectivity index (χ0n) is 11.6. The van der Waals surface area contributed by atoms with Crippen LogP contribution in [0.15, 0.2) is 11.2 Å². The van der Waals surface area contributed by atoms with E-state index in [1.54, 1.807) is 11.8 Å². The summed E-state index contributed by atoms with van der Waals surface area (Å²) in [6, 6.07) is -0.151. The lowest BCUT2D eigenvalue weighted by molar-refractivity contribution is 0.173. The van der Waals surface area contributed by atoms with E-state index >= 15 is 0 Å². The number of amides is 2. The van der Waals surface area contributed by atoms with Crippen LogP contribution in [0.1, 0.15) is 12.7 Å². The van der Waals surface area contributed by atoms with Gasteiger partial charge in [0.1, 0.15) is 5.82 Å². The smallest absolute Gasteiger partial charge is 0.317 e. The van der Waals surface area contributed by atoms with Crippen LogP contribution in [0.5, 0.6) is 0 Å². The average molecular weight is 301 g/mol. The second-order valence-electron chi connectivity index (χ2n) is 4.56. The number of aryl methyl sites for hydroxylation is 1. The molecule has 1 aliphatic heterocycles. The maximum absolute atomic E-state index is 12.3. The van der Waals surface area contributed by atoms with Gasteiger partial charge in [-0.1, -0.05) is 0 Å². The fourth-order valence-electron chi connectivity index (χ4n) is 2.06. The van der Waals surface area contributed by atoms with Gasteiger partial charge in [0.15, 0.2) is 5.03 Å². The number of rotatable bonds is 3. The van der Waals surface area contributed by atoms with Crippen LogP contribution in [0.3, 0.4) is 0 Å². The minimum absolute atomic E-state index is 0.0986. The Kier molecular flexibility index (Phi) is 4.29. The number of H-pyrrole nitrogens is 1. The quantitative estimate of drug-likeness (QED) is 0.804. The number of hydrogen-bond donors (Lipinski definition) is 2. The van der Waals surface area contributed by atoms with Crippen molar-refractivity contribution in [3.63, 3.8) is 0 Å². The molecule has 2 N–H and O–H groups in total. The van der Waals surface area contributed by atoms with Gasteiger partial charge in [0.2, 0.25) is 0 Å². The van der Waals surface area contributed by atoms with E-state index in [-0.39, 0.29) is 24.1 Å². The Bertz CT molecular complexity index is 575. The zero-order valence-corrected chi connectivity index (χ0v) is 12.4. The van der Waals surface area contributed by atoms with E-state index in [0.717, 1.165) is 0 Å². The summed E-state index contributed by atoms with van der Waals surface area (Å²) in [4.78, 5) is 19.9. The van der Waals surface area contributed by atoms with E-state index < -0.39 is 10.0 Å². The molecule has 20 heavy (non-hydrogen) atoms. The highest BCUT2D eigenvalue weighted by molar-refractivity contribution is 7.89. The maximum Gasteiger partial charge on any atom is 0.317 e. The molecule has 2 rings (SSSR count). The highest BCUT2D eigenvalue weighted by atomic mass is 32.2. The minimum atomic E-state index is -3.55. The van der Waals surface area contributed by atoms with Crippen molar-refractivity contribution in [1.29, 1.82) is 0 Å². The number of nitrogens with one attached hydrogen (secondary N) is 2. The molecule has 112 valence electrons. The molecule has 0 atom stereocenters. The number of piperazine rings is 1. The summed E-state index contributed by atoms with van der Waals surface area (Å²) in [5.41, 5.74) is 0. The monoisotopic (exact) mass is 301 g/mol. The molecule has 1 aromatic rings. The SMILES string of the molecule is CCNC(=O)N1CCN(S(=O)(=O)c2cnc(C)[nH]2)CC1. The maximum atomic E-state index is 12.3. The van der Waals surface area contributed by atoms with Gasteiger partial charge in [0.25, 0.3) is 10.0 Å². The predicted molar refractivity (Wildman–Crippen MR) is 72.7 cm³/mol. The number of aromatic nitrogens is 2. The number of carbonyl (C=O) groups excluding carboxylic acids is 1. The molecule has 0 radical (unpaired) electrons. The largest absolute Gasteiger partial charge is 0.338 e. The Morgan fingerprint density at radius 1 is 1.40 bits per heavy atom. The van der Waals surface area contributed by atoms with Crippen LogP contribution in [0.2, 0.25) is 0 Å². The molecular formula is C11H19N5O3S. The Morgan fingerprint density at radius 3 is 2.55 bits per heavy atom. The molecule has 1 aliphatic rings. The van der Waals surface area contributed by atoms with Crippen LogP contribution in [-0.4, -0.2) is 66.3 Å². The lowest BCUT2D eigenvalue weighted by atomic mass is 10.4. The van der Waals surface area contributed by atoms with Gasteiger partial charge in [0.05, 0.1) is 6.20 Å². The number of carbonyl (C=O) groups is 1. The van der Waals surface area contributed by atoms with Crippen molar-refractivity contribution in [3.8, 4) is 0 Å². The van der Waals surface area contributed by atoms with Crippen molar-refractivity contribution in [3.05, 3.63) is 12.0 Å². The third-order valence-electron chi connectivity index (χ3n) is 3.15. The summed E-state index contributed by atoms with van der Waals surface area (Å²) in [5, 5.41) is 2.81. The fraction of sp³-hybridized carbons (Fsp3) is 0.636. The van der Waals surface area contributed by atoms with Crippen molar-refractivity contribution in [2.75, 3.05) is 32.7 Å². The van der Waals surface area contributed by atoms with Gasteiger partial charge >= 0.3 is 6.03 Å². The first-order valence-corrected chi connectivity index (χ1v) is 7.93. The molecule has 2 amide bonds. The third kappa shape index (κ3) is 2.93. The topological polar surface area (TPSA) is 98.4 Å². The van der Waals surface area contributed by atoms with Gasteiger partial charge in [0, 0.05) is 32.7 Å². The van der Waals surface area contributed by atoms with Crippen molar-refractivity contribution < 1.29 is 13.2 Å². The van der Waals surface area contributed by atoms with Gasteiger partial charge in [-0.25, -0.2) is 18.2 Å². The first-order chi connectivity index (χ1) is 9.45. The van der Waals surface area contributed by atoms with Gasteiger partial charge in [-0.15, -0.1) is 0 Å². The summed E-state index contributed by atoms with van der Waals surface area (Å²) in [7, 11) is -3.55. The van der Waals surface area contributed by atoms with Crippen molar-refractivity contribution in [2.24, 2.45) is 0 Å². The number of hydrogen-bond acceptors (Lipinski definition) is 4. The Balaban J connectivity index is 2.02. The molecule has 1 fully saturated rings. The van der Waals surface area contributed by atoms with Crippen molar-refractivity contribution in [1.82, 2.24) is 24.5 Å². The highest BCUT2D eigenvalue weighted by Gasteiger charge is 2.31. The molecule has 0 aromatic carbocycles. The van der Waals surface area contributed by atoms with Crippen LogP contribution in [0.4, 0.5) is 4.79 Å². The summed E-state index contributed by atoms with van der Waals surface area (Å²) >= 11 is 0. The van der Waals surface area contributed by atoms with E-state index in [2.05, 4.69) is 15.3 Å². The second kappa shape index (κ2) is 5.80. The lowest BCUT2D eigenvalue weighted by Gasteiger charge is -2.33. The van der Waals surface area contributed by atoms with Crippen LogP contribution in [0.25, 0.3) is 0 Å². The molecule has 1 aromatic heterocycles. The number of sulfonamides is 1. The number of imidazole rings is 1. The number of nitrogens with zero attached hydrogens (tertiary/aromatic N) is 3. The Labute approximate surface area is 118 Å². The van der Waals surface area contributed by atoms with Crippen LogP contribution in [-0.2, 0) is 10.0 Å². The molecule has 9 heteroatoms. The summed E-state index contributed by atoms with van der Waals surface area (Å²) in [5.74, 6) is 0.560. The first-order valence-electron chi connectivity index (χ1n) is 6.49. The summed E-state index contributed by atoms with van der Waals surface area (Å²) in [6.07, 6.45) is 1.32. The standard InChI is InChI=1S/C11H19N5O3S/c1-3-12-11(17)15-4-6-16(7-5-15)20(18,19)10-8-13-9(2)14-10/h8H,3-7H2,1-2H3,(H,12,17)(H,13,14). The Hall–Kier alpha value is -1.61. The van der Waals surface area contributed by atoms with Gasteiger partial charge in [-0.2, -0.15) is 4.31 Å². The molecular weight excluding hydrogens is 282 g/mol. The Morgan fingerprint density at radius 2 is 2.05 bits per heavy atom. The van der Waals surface area contributed by atoms with E-state index in [4.69, 9.17) is 0 Å². The average Bonchev–Trinajstić information content (AvgIpc) is 2.86. The highest BCUT2D eigenvalue weighted by Crippen LogP contribution is 2.15. The molecule has 2 heterocycles. The molecule has 0 bridgehead atoms. The molecule has 0 aliphatic carbocycles. The molecule has 1 saturated heterocycles. The predicted octanol–water partition coefficient (Wildman–Crippen LogP) is -0.246. The summed E-state index contributed by atoms with van der Waals surface area (Å²) < 4.78 is 26.0. The molecule has 0 unspecified atom stereocenters. The van der Waals surface area contributed by atoms with Crippen LogP contribution >= 0.6 is 0 Å². The molecule has 0 saturated carbocycles. The third-order valence-corrected chi connectivity index (χ3v) is 4.96. The van der Waals surface area contributed by atoms with Crippen LogP contribution in [0, 0.1) is 6.92 Å². The van der Waals surface area contributed by atoms with Crippen LogP contribution < -0.4 is 5.32 Å². The zero-order chi connectivity index (χ0) is 14.8. The van der Waals surface area contributed by atoms with Crippen molar-refractivity contribution in [2.45, 2.75) is 18.9 Å². The summed E-state index contributed by atoms with van der Waals surface area (Å²) in [6.45, 7) is 5.46. The van der Waals surface area contributed by atoms with E-state index in [9.17, 15) is 13.2 Å². The lowest BCUT2D eigenvalue weighted by Crippen LogP contribution is -2.53. The fourth-order valence-corrected chi connectivity index (χ4v) is 3.45. The van der Waals surface area contributed by atoms with E-state index in [0.29, 0.717) is 25.5 Å². The first kappa shape index (κ1) is 14.8. The van der Waals surface area contributed by atoms with Gasteiger partial charge in [-0.05, 0) is 13.8 Å². The molecule has 0 spiro atoms. The van der Waals surface area contributed by atoms with Gasteiger partial charge < -0.3 is 15.2 Å². The number of aromatic amines is 1. The van der Waals surface area contributed by atoms with Crippen molar-refractivity contribution >= 4 is 16.1 Å². The van der Waals surface area contributed by atoms with E-state index in [1.165, 1.54) is 10.5 Å². The second-order valence-corrected chi connectivity index (χ2v) is 6.47. The minimum Gasteiger partial charge on any atom is -0.338 e. The van der Waals surface area contributed by atoms with Gasteiger partial charge in [-0.3, -0.25) is 0 Å². The normalized spacial score (nSPS) is 17.2. The number of urea groups is 1. The molecule has 8 nitrogen and oxygen atoms in total. The van der Waals surface area contributed by atoms with E-state index in [1.807, 2.05) is 6.92 Å².